The van der Waals surface area contributed by atoms with E-state index in [1.54, 1.807) is 29.2 Å². The van der Waals surface area contributed by atoms with Crippen LogP contribution in [-0.4, -0.2) is 31.6 Å². The number of ether oxygens (including phenoxy) is 3. The van der Waals surface area contributed by atoms with Crippen LogP contribution in [0.3, 0.4) is 0 Å². The van der Waals surface area contributed by atoms with E-state index in [1.165, 1.54) is 6.08 Å². The van der Waals surface area contributed by atoms with Gasteiger partial charge < -0.3 is 24.4 Å². The standard InChI is InChI=1S/C33H30N2O5/c1-24-6-5-9-29(20-24)38-19-18-35-30-21-27(13-16-31(30)40-23-33(35)37)34-32(36)17-12-25-10-14-28(15-11-25)39-22-26-7-3-2-4-8-26/h2-17,20-21H,18-19,22-23H2,1H3,(H,34,36)/b17-12+. The predicted octanol–water partition coefficient (Wildman–Crippen LogP) is 6.03. The summed E-state index contributed by atoms with van der Waals surface area (Å²) in [5.74, 6) is 1.63. The third-order valence-electron chi connectivity index (χ3n) is 6.30. The first-order chi connectivity index (χ1) is 19.5. The molecule has 0 aromatic heterocycles. The molecule has 0 saturated heterocycles. The van der Waals surface area contributed by atoms with Crippen molar-refractivity contribution in [3.8, 4) is 17.2 Å². The molecule has 1 aliphatic heterocycles. The van der Waals surface area contributed by atoms with Crippen molar-refractivity contribution in [1.29, 1.82) is 0 Å². The lowest BCUT2D eigenvalue weighted by Gasteiger charge is -2.29. The number of carbonyl (C=O) groups is 2. The topological polar surface area (TPSA) is 77.1 Å². The zero-order valence-electron chi connectivity index (χ0n) is 22.2. The number of amides is 2. The maximum atomic E-state index is 12.6. The number of carbonyl (C=O) groups excluding carboxylic acids is 2. The van der Waals surface area contributed by atoms with Gasteiger partial charge in [0.25, 0.3) is 5.91 Å². The lowest BCUT2D eigenvalue weighted by Crippen LogP contribution is -2.41. The van der Waals surface area contributed by atoms with Gasteiger partial charge in [0.2, 0.25) is 5.91 Å². The van der Waals surface area contributed by atoms with Gasteiger partial charge in [0.15, 0.2) is 6.61 Å². The highest BCUT2D eigenvalue weighted by Crippen LogP contribution is 2.34. The molecule has 1 N–H and O–H groups in total. The lowest BCUT2D eigenvalue weighted by atomic mass is 10.2. The Labute approximate surface area is 233 Å². The van der Waals surface area contributed by atoms with Crippen LogP contribution in [0.15, 0.2) is 103 Å². The van der Waals surface area contributed by atoms with Crippen molar-refractivity contribution in [3.63, 3.8) is 0 Å². The minimum atomic E-state index is -0.290. The molecule has 4 aromatic rings. The molecule has 7 heteroatoms. The number of rotatable bonds is 10. The second-order valence-corrected chi connectivity index (χ2v) is 9.35. The highest BCUT2D eigenvalue weighted by atomic mass is 16.5. The summed E-state index contributed by atoms with van der Waals surface area (Å²) in [6.45, 7) is 3.13. The zero-order valence-corrected chi connectivity index (χ0v) is 22.2. The number of hydrogen-bond donors (Lipinski definition) is 1. The SMILES string of the molecule is Cc1cccc(OCCN2C(=O)COc3ccc(NC(=O)/C=C/c4ccc(OCc5ccccc5)cc4)cc32)c1. The number of hydrogen-bond acceptors (Lipinski definition) is 5. The summed E-state index contributed by atoms with van der Waals surface area (Å²) in [5, 5.41) is 2.86. The molecule has 0 atom stereocenters. The van der Waals surface area contributed by atoms with E-state index in [2.05, 4.69) is 5.32 Å². The van der Waals surface area contributed by atoms with Crippen molar-refractivity contribution in [2.24, 2.45) is 0 Å². The molecule has 0 saturated carbocycles. The summed E-state index contributed by atoms with van der Waals surface area (Å²) in [5.41, 5.74) is 4.22. The van der Waals surface area contributed by atoms with Gasteiger partial charge in [0.05, 0.1) is 12.2 Å². The van der Waals surface area contributed by atoms with Crippen LogP contribution in [-0.2, 0) is 16.2 Å². The third-order valence-corrected chi connectivity index (χ3v) is 6.30. The molecule has 0 aliphatic carbocycles. The number of benzene rings is 4. The summed E-state index contributed by atoms with van der Waals surface area (Å²) in [7, 11) is 0. The molecule has 202 valence electrons. The first-order valence-electron chi connectivity index (χ1n) is 13.1. The normalized spacial score (nSPS) is 12.5. The van der Waals surface area contributed by atoms with Crippen LogP contribution in [0, 0.1) is 6.92 Å². The van der Waals surface area contributed by atoms with E-state index in [1.807, 2.05) is 85.8 Å². The van der Waals surface area contributed by atoms with Crippen LogP contribution >= 0.6 is 0 Å². The summed E-state index contributed by atoms with van der Waals surface area (Å²) in [6.07, 6.45) is 3.20. The van der Waals surface area contributed by atoms with Crippen LogP contribution in [0.4, 0.5) is 11.4 Å². The van der Waals surface area contributed by atoms with Gasteiger partial charge in [-0.15, -0.1) is 0 Å². The van der Waals surface area contributed by atoms with Gasteiger partial charge in [0, 0.05) is 11.8 Å². The van der Waals surface area contributed by atoms with Gasteiger partial charge in [-0.1, -0.05) is 54.6 Å². The fourth-order valence-electron chi connectivity index (χ4n) is 4.26. The van der Waals surface area contributed by atoms with Crippen molar-refractivity contribution < 1.29 is 23.8 Å². The Hall–Kier alpha value is -5.04. The molecule has 4 aromatic carbocycles. The van der Waals surface area contributed by atoms with Crippen molar-refractivity contribution in [3.05, 3.63) is 120 Å². The van der Waals surface area contributed by atoms with Gasteiger partial charge in [-0.05, 0) is 72.2 Å². The van der Waals surface area contributed by atoms with Crippen molar-refractivity contribution in [2.75, 3.05) is 30.0 Å². The summed E-state index contributed by atoms with van der Waals surface area (Å²) in [6, 6.07) is 30.5. The number of nitrogens with zero attached hydrogens (tertiary/aromatic N) is 1. The molecular formula is C33H30N2O5. The van der Waals surface area contributed by atoms with Gasteiger partial charge >= 0.3 is 0 Å². The second-order valence-electron chi connectivity index (χ2n) is 9.35. The van der Waals surface area contributed by atoms with Crippen molar-refractivity contribution >= 4 is 29.3 Å². The van der Waals surface area contributed by atoms with Crippen LogP contribution in [0.5, 0.6) is 17.2 Å². The molecule has 1 heterocycles. The average molecular weight is 535 g/mol. The van der Waals surface area contributed by atoms with Crippen molar-refractivity contribution in [1.82, 2.24) is 0 Å². The highest BCUT2D eigenvalue weighted by molar-refractivity contribution is 6.03. The smallest absolute Gasteiger partial charge is 0.265 e. The Morgan fingerprint density at radius 1 is 0.925 bits per heavy atom. The van der Waals surface area contributed by atoms with Crippen LogP contribution in [0.25, 0.3) is 6.08 Å². The van der Waals surface area contributed by atoms with Crippen LogP contribution < -0.4 is 24.4 Å². The first-order valence-corrected chi connectivity index (χ1v) is 13.1. The van der Waals surface area contributed by atoms with E-state index in [0.29, 0.717) is 36.9 Å². The Kier molecular flexibility index (Phi) is 8.41. The van der Waals surface area contributed by atoms with Gasteiger partial charge in [0.1, 0.15) is 30.5 Å². The fourth-order valence-corrected chi connectivity index (χ4v) is 4.26. The van der Waals surface area contributed by atoms with E-state index >= 15 is 0 Å². The molecule has 0 unspecified atom stereocenters. The molecule has 40 heavy (non-hydrogen) atoms. The molecule has 1 aliphatic rings. The minimum absolute atomic E-state index is 0.0397. The molecule has 0 bridgehead atoms. The molecule has 0 radical (unpaired) electrons. The average Bonchev–Trinajstić information content (AvgIpc) is 2.97. The number of anilines is 2. The lowest BCUT2D eigenvalue weighted by molar-refractivity contribution is -0.121. The Morgan fingerprint density at radius 2 is 1.75 bits per heavy atom. The third kappa shape index (κ3) is 7.08. The van der Waals surface area contributed by atoms with Crippen molar-refractivity contribution in [2.45, 2.75) is 13.5 Å². The predicted molar refractivity (Wildman–Crippen MR) is 156 cm³/mol. The van der Waals surface area contributed by atoms with Gasteiger partial charge in [-0.25, -0.2) is 0 Å². The quantitative estimate of drug-likeness (QED) is 0.252. The monoisotopic (exact) mass is 534 g/mol. The molecule has 5 rings (SSSR count). The van der Waals surface area contributed by atoms with Crippen LogP contribution in [0.1, 0.15) is 16.7 Å². The van der Waals surface area contributed by atoms with Gasteiger partial charge in [-0.3, -0.25) is 9.59 Å². The minimum Gasteiger partial charge on any atom is -0.492 e. The van der Waals surface area contributed by atoms with E-state index in [9.17, 15) is 9.59 Å². The molecule has 0 fully saturated rings. The number of fused-ring (bicyclic) bond motifs is 1. The molecule has 0 spiro atoms. The molecular weight excluding hydrogens is 504 g/mol. The summed E-state index contributed by atoms with van der Waals surface area (Å²) >= 11 is 0. The first kappa shape index (κ1) is 26.6. The summed E-state index contributed by atoms with van der Waals surface area (Å²) < 4.78 is 17.3. The Morgan fingerprint density at radius 3 is 2.55 bits per heavy atom. The fraction of sp³-hybridized carbons (Fsp3) is 0.152. The van der Waals surface area contributed by atoms with E-state index in [-0.39, 0.29) is 18.4 Å². The summed E-state index contributed by atoms with van der Waals surface area (Å²) in [4.78, 5) is 26.9. The van der Waals surface area contributed by atoms with E-state index < -0.39 is 0 Å². The second kappa shape index (κ2) is 12.7. The zero-order chi connectivity index (χ0) is 27.7. The molecule has 2 amide bonds. The van der Waals surface area contributed by atoms with E-state index in [4.69, 9.17) is 14.2 Å². The van der Waals surface area contributed by atoms with Crippen LogP contribution in [0.2, 0.25) is 0 Å². The maximum absolute atomic E-state index is 12.6. The Bertz CT molecular complexity index is 1500. The highest BCUT2D eigenvalue weighted by Gasteiger charge is 2.26. The largest absolute Gasteiger partial charge is 0.492 e. The van der Waals surface area contributed by atoms with Gasteiger partial charge in [-0.2, -0.15) is 0 Å². The Balaban J connectivity index is 1.17. The molecule has 7 nitrogen and oxygen atoms in total. The maximum Gasteiger partial charge on any atom is 0.265 e. The van der Waals surface area contributed by atoms with E-state index in [0.717, 1.165) is 28.2 Å². The number of nitrogens with one attached hydrogen (secondary N) is 1. The number of aryl methyl sites for hydroxylation is 1.